The van der Waals surface area contributed by atoms with Crippen LogP contribution in [0.3, 0.4) is 0 Å². The second kappa shape index (κ2) is 5.03. The lowest BCUT2D eigenvalue weighted by molar-refractivity contribution is -0.299. The van der Waals surface area contributed by atoms with Gasteiger partial charge in [-0.15, -0.1) is 0 Å². The molecule has 0 aliphatic rings. The van der Waals surface area contributed by atoms with E-state index in [1.165, 1.54) is 0 Å². The standard InChI is InChI=1S/C8H14O2/c1-3-4-5-6-7(2)8(9)10/h6H,3-5H2,1-2H3,(H,9,10)/p-1. The Morgan fingerprint density at radius 1 is 1.60 bits per heavy atom. The van der Waals surface area contributed by atoms with E-state index in [9.17, 15) is 9.90 Å². The van der Waals surface area contributed by atoms with Crippen molar-refractivity contribution in [3.8, 4) is 0 Å². The fraction of sp³-hybridized carbons (Fsp3) is 0.625. The highest BCUT2D eigenvalue weighted by atomic mass is 16.4. The number of allylic oxidation sites excluding steroid dienone is 1. The molecule has 0 amide bonds. The van der Waals surface area contributed by atoms with Gasteiger partial charge in [0.2, 0.25) is 0 Å². The summed E-state index contributed by atoms with van der Waals surface area (Å²) >= 11 is 0. The summed E-state index contributed by atoms with van der Waals surface area (Å²) in [6.07, 6.45) is 4.69. The summed E-state index contributed by atoms with van der Waals surface area (Å²) in [4.78, 5) is 10.1. The molecule has 0 spiro atoms. The first-order chi connectivity index (χ1) is 4.68. The van der Waals surface area contributed by atoms with Gasteiger partial charge in [0.15, 0.2) is 0 Å². The molecule has 0 aromatic rings. The number of carbonyl (C=O) groups excluding carboxylic acids is 1. The van der Waals surface area contributed by atoms with Gasteiger partial charge in [0.1, 0.15) is 0 Å². The predicted molar refractivity (Wildman–Crippen MR) is 38.3 cm³/mol. The third kappa shape index (κ3) is 4.13. The molecule has 0 heterocycles. The van der Waals surface area contributed by atoms with E-state index in [1.54, 1.807) is 13.0 Å². The average molecular weight is 141 g/mol. The topological polar surface area (TPSA) is 40.1 Å². The summed E-state index contributed by atoms with van der Waals surface area (Å²) in [5.74, 6) is -1.06. The summed E-state index contributed by atoms with van der Waals surface area (Å²) in [6.45, 7) is 3.63. The third-order valence-electron chi connectivity index (χ3n) is 1.33. The van der Waals surface area contributed by atoms with Gasteiger partial charge in [-0.2, -0.15) is 0 Å². The fourth-order valence-electron chi connectivity index (χ4n) is 0.606. The number of carboxylic acids is 1. The van der Waals surface area contributed by atoms with Crippen LogP contribution in [0, 0.1) is 0 Å². The van der Waals surface area contributed by atoms with E-state index < -0.39 is 5.97 Å². The number of hydrogen-bond donors (Lipinski definition) is 0. The van der Waals surface area contributed by atoms with E-state index >= 15 is 0 Å². The van der Waals surface area contributed by atoms with Crippen molar-refractivity contribution in [1.82, 2.24) is 0 Å². The van der Waals surface area contributed by atoms with Gasteiger partial charge >= 0.3 is 0 Å². The quantitative estimate of drug-likeness (QED) is 0.430. The van der Waals surface area contributed by atoms with Crippen LogP contribution in [0.15, 0.2) is 11.6 Å². The van der Waals surface area contributed by atoms with Crippen molar-refractivity contribution < 1.29 is 9.90 Å². The van der Waals surface area contributed by atoms with Crippen LogP contribution in [0.5, 0.6) is 0 Å². The zero-order chi connectivity index (χ0) is 7.98. The van der Waals surface area contributed by atoms with Crippen LogP contribution in [-0.4, -0.2) is 5.97 Å². The smallest absolute Gasteiger partial charge is 0.0668 e. The molecule has 0 saturated carbocycles. The summed E-state index contributed by atoms with van der Waals surface area (Å²) in [5.41, 5.74) is 0.341. The zero-order valence-electron chi connectivity index (χ0n) is 6.52. The van der Waals surface area contributed by atoms with E-state index in [2.05, 4.69) is 6.92 Å². The van der Waals surface area contributed by atoms with Gasteiger partial charge in [-0.1, -0.05) is 25.8 Å². The van der Waals surface area contributed by atoms with Crippen LogP contribution in [-0.2, 0) is 4.79 Å². The van der Waals surface area contributed by atoms with E-state index in [4.69, 9.17) is 0 Å². The molecule has 0 fully saturated rings. The SMILES string of the molecule is CCCCC=C(C)C(=O)[O-]. The van der Waals surface area contributed by atoms with Crippen LogP contribution >= 0.6 is 0 Å². The number of aliphatic carboxylic acids is 1. The molecule has 0 atom stereocenters. The molecule has 0 radical (unpaired) electrons. The zero-order valence-corrected chi connectivity index (χ0v) is 6.52. The highest BCUT2D eigenvalue weighted by Crippen LogP contribution is 1.99. The summed E-state index contributed by atoms with van der Waals surface area (Å²) < 4.78 is 0. The Morgan fingerprint density at radius 2 is 2.20 bits per heavy atom. The molecule has 0 bridgehead atoms. The average Bonchev–Trinajstić information content (AvgIpc) is 1.88. The molecule has 0 aromatic carbocycles. The lowest BCUT2D eigenvalue weighted by Gasteiger charge is -1.99. The molecule has 0 saturated heterocycles. The Hall–Kier alpha value is -0.790. The maximum absolute atomic E-state index is 10.1. The van der Waals surface area contributed by atoms with Gasteiger partial charge in [-0.05, 0) is 18.9 Å². The molecule has 0 N–H and O–H groups in total. The number of unbranched alkanes of at least 4 members (excludes halogenated alkanes) is 2. The van der Waals surface area contributed by atoms with E-state index in [1.807, 2.05) is 0 Å². The van der Waals surface area contributed by atoms with Crippen molar-refractivity contribution in [2.24, 2.45) is 0 Å². The number of hydrogen-bond acceptors (Lipinski definition) is 2. The lowest BCUT2D eigenvalue weighted by Crippen LogP contribution is -2.22. The monoisotopic (exact) mass is 141 g/mol. The molecule has 0 aliphatic carbocycles. The van der Waals surface area contributed by atoms with Crippen molar-refractivity contribution in [2.45, 2.75) is 33.1 Å². The van der Waals surface area contributed by atoms with Crippen LogP contribution in [0.4, 0.5) is 0 Å². The van der Waals surface area contributed by atoms with Crippen molar-refractivity contribution in [3.63, 3.8) is 0 Å². The molecule has 0 aliphatic heterocycles. The number of carbonyl (C=O) groups is 1. The van der Waals surface area contributed by atoms with Gasteiger partial charge in [0.05, 0.1) is 5.97 Å². The van der Waals surface area contributed by atoms with Crippen molar-refractivity contribution in [3.05, 3.63) is 11.6 Å². The van der Waals surface area contributed by atoms with Crippen molar-refractivity contribution >= 4 is 5.97 Å². The second-order valence-corrected chi connectivity index (χ2v) is 2.32. The predicted octanol–water partition coefficient (Wildman–Crippen LogP) is 0.873. The molecule has 0 aromatic heterocycles. The molecular weight excluding hydrogens is 128 g/mol. The second-order valence-electron chi connectivity index (χ2n) is 2.32. The Morgan fingerprint density at radius 3 is 2.60 bits per heavy atom. The minimum atomic E-state index is -1.06. The largest absolute Gasteiger partial charge is 0.545 e. The summed E-state index contributed by atoms with van der Waals surface area (Å²) in [7, 11) is 0. The Bertz CT molecular complexity index is 136. The van der Waals surface area contributed by atoms with Crippen LogP contribution in [0.2, 0.25) is 0 Å². The summed E-state index contributed by atoms with van der Waals surface area (Å²) in [6, 6.07) is 0. The normalized spacial score (nSPS) is 11.6. The van der Waals surface area contributed by atoms with Gasteiger partial charge in [-0.25, -0.2) is 0 Å². The molecule has 10 heavy (non-hydrogen) atoms. The molecular formula is C8H13O2-. The summed E-state index contributed by atoms with van der Waals surface area (Å²) in [5, 5.41) is 10.1. The van der Waals surface area contributed by atoms with E-state index in [0.717, 1.165) is 19.3 Å². The first-order valence-electron chi connectivity index (χ1n) is 3.56. The third-order valence-corrected chi connectivity index (χ3v) is 1.33. The van der Waals surface area contributed by atoms with Crippen LogP contribution < -0.4 is 5.11 Å². The Kier molecular flexibility index (Phi) is 4.63. The highest BCUT2D eigenvalue weighted by Gasteiger charge is 1.86. The van der Waals surface area contributed by atoms with Crippen molar-refractivity contribution in [2.75, 3.05) is 0 Å². The van der Waals surface area contributed by atoms with Gasteiger partial charge < -0.3 is 9.90 Å². The van der Waals surface area contributed by atoms with Crippen LogP contribution in [0.25, 0.3) is 0 Å². The molecule has 0 unspecified atom stereocenters. The minimum absolute atomic E-state index is 0.341. The van der Waals surface area contributed by atoms with Gasteiger partial charge in [-0.3, -0.25) is 0 Å². The lowest BCUT2D eigenvalue weighted by atomic mass is 10.2. The fourth-order valence-corrected chi connectivity index (χ4v) is 0.606. The molecule has 2 nitrogen and oxygen atoms in total. The Labute approximate surface area is 61.6 Å². The van der Waals surface area contributed by atoms with Gasteiger partial charge in [0.25, 0.3) is 0 Å². The highest BCUT2D eigenvalue weighted by molar-refractivity contribution is 5.83. The van der Waals surface area contributed by atoms with E-state index in [0.29, 0.717) is 5.57 Å². The molecule has 2 heteroatoms. The first-order valence-corrected chi connectivity index (χ1v) is 3.56. The van der Waals surface area contributed by atoms with Crippen molar-refractivity contribution in [1.29, 1.82) is 0 Å². The number of carboxylic acid groups (broad SMARTS) is 1. The molecule has 0 rings (SSSR count). The maximum atomic E-state index is 10.1. The maximum Gasteiger partial charge on any atom is 0.0668 e. The number of rotatable bonds is 4. The van der Waals surface area contributed by atoms with Crippen LogP contribution in [0.1, 0.15) is 33.1 Å². The Balaban J connectivity index is 3.58. The van der Waals surface area contributed by atoms with E-state index in [-0.39, 0.29) is 0 Å². The minimum Gasteiger partial charge on any atom is -0.545 e. The first kappa shape index (κ1) is 9.21. The molecule has 58 valence electrons. The van der Waals surface area contributed by atoms with Gasteiger partial charge in [0, 0.05) is 0 Å².